The van der Waals surface area contributed by atoms with Gasteiger partial charge in [-0.15, -0.1) is 11.8 Å². The van der Waals surface area contributed by atoms with Gasteiger partial charge in [0.25, 0.3) is 0 Å². The smallest absolute Gasteiger partial charge is 0.225 e. The Morgan fingerprint density at radius 1 is 1.04 bits per heavy atom. The number of anilines is 1. The Morgan fingerprint density at radius 3 is 2.62 bits per heavy atom. The van der Waals surface area contributed by atoms with Gasteiger partial charge in [-0.25, -0.2) is 4.98 Å². The Balaban J connectivity index is 1.58. The standard InChI is InChI=1S/C20H20N2OS/c1-14-7-3-5-9-17(14)21-19(23)11-12-24-20-13-15(2)16-8-4-6-10-18(16)22-20/h3-10,13H,11-12H2,1-2H3,(H,21,23). The second-order valence-corrected chi connectivity index (χ2v) is 6.87. The molecule has 0 radical (unpaired) electrons. The van der Waals surface area contributed by atoms with E-state index in [4.69, 9.17) is 0 Å². The van der Waals surface area contributed by atoms with E-state index in [1.54, 1.807) is 11.8 Å². The molecular weight excluding hydrogens is 316 g/mol. The number of hydrogen-bond acceptors (Lipinski definition) is 3. The fraction of sp³-hybridized carbons (Fsp3) is 0.200. The summed E-state index contributed by atoms with van der Waals surface area (Å²) in [6.07, 6.45) is 0.465. The van der Waals surface area contributed by atoms with Crippen LogP contribution in [0.2, 0.25) is 0 Å². The SMILES string of the molecule is Cc1ccccc1NC(=O)CCSc1cc(C)c2ccccc2n1. The summed E-state index contributed by atoms with van der Waals surface area (Å²) in [5.41, 5.74) is 4.18. The molecule has 3 rings (SSSR count). The molecule has 122 valence electrons. The number of thioether (sulfide) groups is 1. The van der Waals surface area contributed by atoms with Gasteiger partial charge in [0.1, 0.15) is 0 Å². The molecule has 0 aliphatic heterocycles. The number of pyridine rings is 1. The number of amides is 1. The molecule has 0 fully saturated rings. The van der Waals surface area contributed by atoms with Crippen molar-refractivity contribution in [1.82, 2.24) is 4.98 Å². The summed E-state index contributed by atoms with van der Waals surface area (Å²) in [7, 11) is 0. The Bertz CT molecular complexity index is 876. The third kappa shape index (κ3) is 3.95. The van der Waals surface area contributed by atoms with E-state index < -0.39 is 0 Å². The van der Waals surface area contributed by atoms with Crippen LogP contribution in [0.5, 0.6) is 0 Å². The fourth-order valence-electron chi connectivity index (χ4n) is 2.57. The van der Waals surface area contributed by atoms with E-state index in [2.05, 4.69) is 29.4 Å². The second kappa shape index (κ2) is 7.49. The monoisotopic (exact) mass is 336 g/mol. The zero-order chi connectivity index (χ0) is 16.9. The lowest BCUT2D eigenvalue weighted by atomic mass is 10.1. The van der Waals surface area contributed by atoms with Crippen molar-refractivity contribution in [3.63, 3.8) is 0 Å². The highest BCUT2D eigenvalue weighted by molar-refractivity contribution is 7.99. The third-order valence-electron chi connectivity index (χ3n) is 3.90. The van der Waals surface area contributed by atoms with Crippen LogP contribution in [-0.2, 0) is 4.79 Å². The molecule has 4 heteroatoms. The number of aryl methyl sites for hydroxylation is 2. The van der Waals surface area contributed by atoms with E-state index in [9.17, 15) is 4.79 Å². The van der Waals surface area contributed by atoms with E-state index in [0.29, 0.717) is 12.2 Å². The first kappa shape index (κ1) is 16.5. The molecule has 1 heterocycles. The number of aromatic nitrogens is 1. The third-order valence-corrected chi connectivity index (χ3v) is 4.81. The lowest BCUT2D eigenvalue weighted by Gasteiger charge is -2.08. The van der Waals surface area contributed by atoms with Gasteiger partial charge in [-0.05, 0) is 43.2 Å². The number of hydrogen-bond donors (Lipinski definition) is 1. The summed E-state index contributed by atoms with van der Waals surface area (Å²) in [6, 6.07) is 18.0. The average molecular weight is 336 g/mol. The fourth-order valence-corrected chi connectivity index (χ4v) is 3.49. The maximum absolute atomic E-state index is 12.1. The van der Waals surface area contributed by atoms with Gasteiger partial charge in [-0.2, -0.15) is 0 Å². The van der Waals surface area contributed by atoms with Crippen molar-refractivity contribution in [2.24, 2.45) is 0 Å². The van der Waals surface area contributed by atoms with Gasteiger partial charge in [0.2, 0.25) is 5.91 Å². The van der Waals surface area contributed by atoms with Gasteiger partial charge < -0.3 is 5.32 Å². The van der Waals surface area contributed by atoms with Crippen molar-refractivity contribution in [1.29, 1.82) is 0 Å². The van der Waals surface area contributed by atoms with Crippen molar-refractivity contribution in [2.45, 2.75) is 25.3 Å². The van der Waals surface area contributed by atoms with Crippen molar-refractivity contribution < 1.29 is 4.79 Å². The zero-order valence-corrected chi connectivity index (χ0v) is 14.7. The molecule has 0 unspecified atom stereocenters. The number of carbonyl (C=O) groups is 1. The maximum atomic E-state index is 12.1. The van der Waals surface area contributed by atoms with Crippen molar-refractivity contribution >= 4 is 34.3 Å². The molecule has 0 saturated carbocycles. The first-order valence-corrected chi connectivity index (χ1v) is 8.97. The van der Waals surface area contributed by atoms with Gasteiger partial charge in [-0.1, -0.05) is 36.4 Å². The van der Waals surface area contributed by atoms with Gasteiger partial charge in [0.05, 0.1) is 10.5 Å². The van der Waals surface area contributed by atoms with Crippen LogP contribution in [0, 0.1) is 13.8 Å². The number of benzene rings is 2. The molecule has 0 spiro atoms. The van der Waals surface area contributed by atoms with Crippen molar-refractivity contribution in [2.75, 3.05) is 11.1 Å². The lowest BCUT2D eigenvalue weighted by molar-refractivity contribution is -0.115. The summed E-state index contributed by atoms with van der Waals surface area (Å²) in [5, 5.41) is 5.11. The topological polar surface area (TPSA) is 42.0 Å². The van der Waals surface area contributed by atoms with Crippen LogP contribution in [0.15, 0.2) is 59.6 Å². The first-order chi connectivity index (χ1) is 11.6. The Kier molecular flexibility index (Phi) is 5.16. The molecule has 1 aromatic heterocycles. The molecule has 1 N–H and O–H groups in total. The molecule has 0 aliphatic rings. The lowest BCUT2D eigenvalue weighted by Crippen LogP contribution is -2.13. The molecule has 3 nitrogen and oxygen atoms in total. The molecule has 0 saturated heterocycles. The molecule has 24 heavy (non-hydrogen) atoms. The summed E-state index contributed by atoms with van der Waals surface area (Å²) < 4.78 is 0. The van der Waals surface area contributed by atoms with Crippen LogP contribution >= 0.6 is 11.8 Å². The van der Waals surface area contributed by atoms with Crippen LogP contribution in [0.1, 0.15) is 17.5 Å². The minimum absolute atomic E-state index is 0.0364. The predicted molar refractivity (Wildman–Crippen MR) is 102 cm³/mol. The molecule has 0 atom stereocenters. The minimum atomic E-state index is 0.0364. The minimum Gasteiger partial charge on any atom is -0.326 e. The molecule has 0 bridgehead atoms. The Morgan fingerprint density at radius 2 is 1.79 bits per heavy atom. The van der Waals surface area contributed by atoms with Crippen LogP contribution in [0.4, 0.5) is 5.69 Å². The quantitative estimate of drug-likeness (QED) is 0.669. The number of fused-ring (bicyclic) bond motifs is 1. The molecular formula is C20H20N2OS. The number of rotatable bonds is 5. The molecule has 3 aromatic rings. The largest absolute Gasteiger partial charge is 0.326 e. The number of carbonyl (C=O) groups excluding carboxylic acids is 1. The Hall–Kier alpha value is -2.33. The molecule has 0 aliphatic carbocycles. The highest BCUT2D eigenvalue weighted by Crippen LogP contribution is 2.24. The van der Waals surface area contributed by atoms with Gasteiger partial charge in [-0.3, -0.25) is 4.79 Å². The second-order valence-electron chi connectivity index (χ2n) is 5.76. The van der Waals surface area contributed by atoms with E-state index in [-0.39, 0.29) is 5.91 Å². The molecule has 1 amide bonds. The molecule has 2 aromatic carbocycles. The van der Waals surface area contributed by atoms with Crippen LogP contribution in [-0.4, -0.2) is 16.6 Å². The van der Waals surface area contributed by atoms with Gasteiger partial charge in [0.15, 0.2) is 0 Å². The van der Waals surface area contributed by atoms with Crippen molar-refractivity contribution in [3.8, 4) is 0 Å². The maximum Gasteiger partial charge on any atom is 0.225 e. The van der Waals surface area contributed by atoms with Crippen LogP contribution in [0.25, 0.3) is 10.9 Å². The van der Waals surface area contributed by atoms with Gasteiger partial charge >= 0.3 is 0 Å². The van der Waals surface area contributed by atoms with E-state index in [1.165, 1.54) is 10.9 Å². The zero-order valence-electron chi connectivity index (χ0n) is 13.9. The number of para-hydroxylation sites is 2. The highest BCUT2D eigenvalue weighted by atomic mass is 32.2. The summed E-state index contributed by atoms with van der Waals surface area (Å²) in [4.78, 5) is 16.8. The van der Waals surface area contributed by atoms with Crippen LogP contribution in [0.3, 0.4) is 0 Å². The van der Waals surface area contributed by atoms with Crippen LogP contribution < -0.4 is 5.32 Å². The van der Waals surface area contributed by atoms with E-state index in [1.807, 2.05) is 49.4 Å². The number of nitrogens with zero attached hydrogens (tertiary/aromatic N) is 1. The normalized spacial score (nSPS) is 10.8. The highest BCUT2D eigenvalue weighted by Gasteiger charge is 2.07. The summed E-state index contributed by atoms with van der Waals surface area (Å²) in [5.74, 6) is 0.747. The summed E-state index contributed by atoms with van der Waals surface area (Å²) in [6.45, 7) is 4.09. The number of nitrogens with one attached hydrogen (secondary N) is 1. The van der Waals surface area contributed by atoms with E-state index >= 15 is 0 Å². The van der Waals surface area contributed by atoms with E-state index in [0.717, 1.165) is 21.8 Å². The van der Waals surface area contributed by atoms with Crippen molar-refractivity contribution in [3.05, 3.63) is 65.7 Å². The van der Waals surface area contributed by atoms with Gasteiger partial charge in [0, 0.05) is 23.2 Å². The Labute approximate surface area is 146 Å². The average Bonchev–Trinajstić information content (AvgIpc) is 2.57. The predicted octanol–water partition coefficient (Wildman–Crippen LogP) is 4.97. The first-order valence-electron chi connectivity index (χ1n) is 7.98. The summed E-state index contributed by atoms with van der Waals surface area (Å²) >= 11 is 1.62.